The highest BCUT2D eigenvalue weighted by Gasteiger charge is 2.25. The van der Waals surface area contributed by atoms with Crippen LogP contribution in [0.3, 0.4) is 0 Å². The number of hydrogen-bond donors (Lipinski definition) is 4. The number of nitrogens with two attached hydrogens (primary N) is 2. The lowest BCUT2D eigenvalue weighted by atomic mass is 9.91. The third-order valence-corrected chi connectivity index (χ3v) is 6.45. The van der Waals surface area contributed by atoms with E-state index >= 15 is 0 Å². The highest BCUT2D eigenvalue weighted by molar-refractivity contribution is 6.00. The molecule has 2 atom stereocenters. The van der Waals surface area contributed by atoms with E-state index < -0.39 is 11.7 Å². The Morgan fingerprint density at radius 3 is 2.75 bits per heavy atom. The van der Waals surface area contributed by atoms with Gasteiger partial charge in [0, 0.05) is 36.4 Å². The molecule has 8 nitrogen and oxygen atoms in total. The molecule has 168 valence electrons. The van der Waals surface area contributed by atoms with Gasteiger partial charge in [0.05, 0.1) is 11.3 Å². The lowest BCUT2D eigenvalue weighted by Gasteiger charge is -2.30. The molecule has 1 amide bonds. The monoisotopic (exact) mass is 437 g/mol. The second-order valence-electron chi connectivity index (χ2n) is 8.91. The number of fused-ring (bicyclic) bond motifs is 1. The number of primary amides is 1. The van der Waals surface area contributed by atoms with Crippen LogP contribution in [-0.4, -0.2) is 32.5 Å². The van der Waals surface area contributed by atoms with Crippen molar-refractivity contribution < 1.29 is 9.18 Å². The Kier molecular flexibility index (Phi) is 5.42. The van der Waals surface area contributed by atoms with Crippen LogP contribution < -0.4 is 22.1 Å². The number of carbonyl (C=O) groups is 1. The van der Waals surface area contributed by atoms with Gasteiger partial charge in [0.1, 0.15) is 11.5 Å². The van der Waals surface area contributed by atoms with E-state index in [1.54, 1.807) is 6.20 Å². The maximum atomic E-state index is 14.8. The predicted octanol–water partition coefficient (Wildman–Crippen LogP) is 3.50. The molecule has 0 saturated heterocycles. The van der Waals surface area contributed by atoms with Crippen LogP contribution in [0.5, 0.6) is 0 Å². The molecule has 2 unspecified atom stereocenters. The zero-order chi connectivity index (χ0) is 22.2. The average Bonchev–Trinajstić information content (AvgIpc) is 3.50. The fourth-order valence-corrected chi connectivity index (χ4v) is 4.44. The van der Waals surface area contributed by atoms with Crippen LogP contribution >= 0.6 is 0 Å². The van der Waals surface area contributed by atoms with Crippen LogP contribution in [0.1, 0.15) is 48.9 Å². The van der Waals surface area contributed by atoms with E-state index in [0.717, 1.165) is 55.0 Å². The molecule has 2 fully saturated rings. The van der Waals surface area contributed by atoms with Gasteiger partial charge >= 0.3 is 0 Å². The first-order valence-corrected chi connectivity index (χ1v) is 11.2. The van der Waals surface area contributed by atoms with Crippen molar-refractivity contribution in [1.29, 1.82) is 0 Å². The fraction of sp³-hybridized carbons (Fsp3) is 0.435. The minimum atomic E-state index is -0.753. The fourth-order valence-electron chi connectivity index (χ4n) is 4.44. The molecule has 0 spiro atoms. The molecule has 3 heterocycles. The standard InChI is InChI=1S/C23H28FN7O/c24-16-11-15(20(26)32)21(30-22(16)29-19-4-2-1-3-17(19)25)28-18-7-9-27-23-14(18)8-10-31(23)12-13-5-6-13/h7-11,13,17,19H,1-6,12,25H2,(H2,26,32)(H2,27,28,29,30). The van der Waals surface area contributed by atoms with E-state index in [-0.39, 0.29) is 29.3 Å². The number of nitrogens with zero attached hydrogens (tertiary/aromatic N) is 3. The molecule has 0 bridgehead atoms. The predicted molar refractivity (Wildman–Crippen MR) is 122 cm³/mol. The molecule has 3 aromatic rings. The van der Waals surface area contributed by atoms with Crippen LogP contribution in [0.4, 0.5) is 21.7 Å². The van der Waals surface area contributed by atoms with Crippen molar-refractivity contribution in [3.8, 4) is 0 Å². The summed E-state index contributed by atoms with van der Waals surface area (Å²) in [4.78, 5) is 21.0. The lowest BCUT2D eigenvalue weighted by molar-refractivity contribution is 0.100. The second-order valence-corrected chi connectivity index (χ2v) is 8.91. The van der Waals surface area contributed by atoms with Gasteiger partial charge in [0.15, 0.2) is 11.6 Å². The van der Waals surface area contributed by atoms with Crippen molar-refractivity contribution >= 4 is 34.3 Å². The molecule has 0 aromatic carbocycles. The molecule has 0 radical (unpaired) electrons. The van der Waals surface area contributed by atoms with Gasteiger partial charge in [-0.3, -0.25) is 4.79 Å². The summed E-state index contributed by atoms with van der Waals surface area (Å²) in [5.41, 5.74) is 13.3. The van der Waals surface area contributed by atoms with Crippen LogP contribution in [-0.2, 0) is 6.54 Å². The van der Waals surface area contributed by atoms with E-state index in [2.05, 4.69) is 25.2 Å². The van der Waals surface area contributed by atoms with Gasteiger partial charge in [0.25, 0.3) is 5.91 Å². The molecular formula is C23H28FN7O. The number of aromatic nitrogens is 3. The molecule has 5 rings (SSSR count). The highest BCUT2D eigenvalue weighted by atomic mass is 19.1. The zero-order valence-electron chi connectivity index (χ0n) is 17.9. The van der Waals surface area contributed by atoms with Gasteiger partial charge in [-0.15, -0.1) is 0 Å². The van der Waals surface area contributed by atoms with Crippen molar-refractivity contribution in [3.63, 3.8) is 0 Å². The Balaban J connectivity index is 1.48. The van der Waals surface area contributed by atoms with Crippen molar-refractivity contribution in [3.05, 3.63) is 42.0 Å². The Morgan fingerprint density at radius 1 is 1.19 bits per heavy atom. The number of hydrogen-bond acceptors (Lipinski definition) is 6. The Bertz CT molecular complexity index is 1160. The third-order valence-electron chi connectivity index (χ3n) is 6.45. The molecule has 0 aliphatic heterocycles. The summed E-state index contributed by atoms with van der Waals surface area (Å²) in [6.45, 7) is 0.941. The maximum absolute atomic E-state index is 14.8. The average molecular weight is 438 g/mol. The molecule has 2 saturated carbocycles. The van der Waals surface area contributed by atoms with Gasteiger partial charge in [-0.05, 0) is 49.8 Å². The first-order valence-electron chi connectivity index (χ1n) is 11.2. The number of carbonyl (C=O) groups excluding carboxylic acids is 1. The molecule has 2 aliphatic rings. The SMILES string of the molecule is NC(=O)c1cc(F)c(NC2CCCCC2N)nc1Nc1ccnc2c1ccn2CC1CC1. The summed E-state index contributed by atoms with van der Waals surface area (Å²) >= 11 is 0. The van der Waals surface area contributed by atoms with Crippen LogP contribution in [0.2, 0.25) is 0 Å². The van der Waals surface area contributed by atoms with Crippen molar-refractivity contribution in [1.82, 2.24) is 14.5 Å². The van der Waals surface area contributed by atoms with Gasteiger partial charge in [-0.1, -0.05) is 12.8 Å². The number of nitrogens with one attached hydrogen (secondary N) is 2. The Morgan fingerprint density at radius 2 is 2.00 bits per heavy atom. The number of pyridine rings is 2. The van der Waals surface area contributed by atoms with Crippen molar-refractivity contribution in [2.75, 3.05) is 10.6 Å². The summed E-state index contributed by atoms with van der Waals surface area (Å²) in [6, 6.07) is 4.79. The van der Waals surface area contributed by atoms with E-state index in [4.69, 9.17) is 11.5 Å². The van der Waals surface area contributed by atoms with Gasteiger partial charge < -0.3 is 26.7 Å². The second kappa shape index (κ2) is 8.38. The molecule has 9 heteroatoms. The van der Waals surface area contributed by atoms with Gasteiger partial charge in [-0.2, -0.15) is 0 Å². The van der Waals surface area contributed by atoms with Crippen LogP contribution in [0.15, 0.2) is 30.6 Å². The minimum Gasteiger partial charge on any atom is -0.365 e. The summed E-state index contributed by atoms with van der Waals surface area (Å²) in [5, 5.41) is 7.23. The Hall–Kier alpha value is -3.20. The topological polar surface area (TPSA) is 124 Å². The van der Waals surface area contributed by atoms with E-state index in [1.165, 1.54) is 12.8 Å². The van der Waals surface area contributed by atoms with Gasteiger partial charge in [0.2, 0.25) is 0 Å². The summed E-state index contributed by atoms with van der Waals surface area (Å²) in [5.74, 6) is -0.400. The van der Waals surface area contributed by atoms with Crippen molar-refractivity contribution in [2.45, 2.75) is 57.2 Å². The van der Waals surface area contributed by atoms with Crippen LogP contribution in [0, 0.1) is 11.7 Å². The normalized spacial score (nSPS) is 20.9. The molecular weight excluding hydrogens is 409 g/mol. The highest BCUT2D eigenvalue weighted by Crippen LogP contribution is 2.34. The largest absolute Gasteiger partial charge is 0.365 e. The first-order chi connectivity index (χ1) is 15.5. The summed E-state index contributed by atoms with van der Waals surface area (Å²) in [6.07, 6.45) is 10.1. The van der Waals surface area contributed by atoms with Crippen molar-refractivity contribution in [2.24, 2.45) is 17.4 Å². The number of halogens is 1. The van der Waals surface area contributed by atoms with E-state index in [0.29, 0.717) is 5.92 Å². The Labute approximate surface area is 185 Å². The van der Waals surface area contributed by atoms with Crippen LogP contribution in [0.25, 0.3) is 11.0 Å². The molecule has 2 aliphatic carbocycles. The first kappa shape index (κ1) is 20.7. The quantitative estimate of drug-likeness (QED) is 0.448. The molecule has 32 heavy (non-hydrogen) atoms. The zero-order valence-corrected chi connectivity index (χ0v) is 17.9. The summed E-state index contributed by atoms with van der Waals surface area (Å²) < 4.78 is 16.9. The van der Waals surface area contributed by atoms with E-state index in [1.807, 2.05) is 18.3 Å². The molecule has 6 N–H and O–H groups in total. The smallest absolute Gasteiger partial charge is 0.252 e. The third kappa shape index (κ3) is 4.12. The lowest BCUT2D eigenvalue weighted by Crippen LogP contribution is -2.43. The van der Waals surface area contributed by atoms with Gasteiger partial charge in [-0.25, -0.2) is 14.4 Å². The molecule has 3 aromatic heterocycles. The number of amides is 1. The van der Waals surface area contributed by atoms with E-state index in [9.17, 15) is 9.18 Å². The number of rotatable bonds is 7. The summed E-state index contributed by atoms with van der Waals surface area (Å²) in [7, 11) is 0. The number of anilines is 3. The maximum Gasteiger partial charge on any atom is 0.252 e. The minimum absolute atomic E-state index is 0.0108.